The van der Waals surface area contributed by atoms with E-state index in [1.54, 1.807) is 18.2 Å². The summed E-state index contributed by atoms with van der Waals surface area (Å²) in [4.78, 5) is 27.6. The molecule has 0 N–H and O–H groups in total. The highest BCUT2D eigenvalue weighted by molar-refractivity contribution is 5.94. The fourth-order valence-electron chi connectivity index (χ4n) is 3.41. The molecule has 0 aliphatic heterocycles. The molecule has 150 valence electrons. The summed E-state index contributed by atoms with van der Waals surface area (Å²) in [6, 6.07) is 20.6. The quantitative estimate of drug-likeness (QED) is 0.468. The molecule has 4 rings (SSSR count). The number of rotatable bonds is 5. The molecule has 5 heteroatoms. The number of amides is 1. The summed E-state index contributed by atoms with van der Waals surface area (Å²) in [6.07, 6.45) is 1.38. The largest absolute Gasteiger partial charge is 0.464 e. The van der Waals surface area contributed by atoms with Gasteiger partial charge in [-0.2, -0.15) is 0 Å². The Labute approximate surface area is 173 Å². The van der Waals surface area contributed by atoms with Gasteiger partial charge in [0.15, 0.2) is 5.43 Å². The molecule has 0 radical (unpaired) electrons. The Kier molecular flexibility index (Phi) is 5.44. The molecule has 0 fully saturated rings. The van der Waals surface area contributed by atoms with Gasteiger partial charge in [0.1, 0.15) is 11.4 Å². The van der Waals surface area contributed by atoms with Crippen LogP contribution in [0.15, 0.2) is 88.3 Å². The van der Waals surface area contributed by atoms with Gasteiger partial charge < -0.3 is 9.32 Å². The van der Waals surface area contributed by atoms with E-state index in [0.29, 0.717) is 16.5 Å². The second kappa shape index (κ2) is 8.33. The van der Waals surface area contributed by atoms with Crippen LogP contribution in [0.4, 0.5) is 4.39 Å². The molecule has 0 aliphatic carbocycles. The molecule has 0 saturated heterocycles. The van der Waals surface area contributed by atoms with Crippen molar-refractivity contribution < 1.29 is 13.6 Å². The van der Waals surface area contributed by atoms with Crippen LogP contribution < -0.4 is 5.43 Å². The third-order valence-corrected chi connectivity index (χ3v) is 4.97. The molecule has 0 unspecified atom stereocenters. The molecule has 3 aromatic carbocycles. The molecule has 0 aliphatic rings. The minimum absolute atomic E-state index is 0.00821. The third-order valence-electron chi connectivity index (χ3n) is 4.97. The number of halogens is 1. The predicted molar refractivity (Wildman–Crippen MR) is 114 cm³/mol. The maximum atomic E-state index is 14.3. The van der Waals surface area contributed by atoms with Gasteiger partial charge in [0.2, 0.25) is 0 Å². The van der Waals surface area contributed by atoms with E-state index in [4.69, 9.17) is 4.42 Å². The zero-order chi connectivity index (χ0) is 21.1. The number of hydrogen-bond donors (Lipinski definition) is 0. The van der Waals surface area contributed by atoms with Crippen LogP contribution in [0.3, 0.4) is 0 Å². The summed E-state index contributed by atoms with van der Waals surface area (Å²) in [7, 11) is 0. The van der Waals surface area contributed by atoms with E-state index >= 15 is 0 Å². The van der Waals surface area contributed by atoms with Gasteiger partial charge in [-0.15, -0.1) is 0 Å². The van der Waals surface area contributed by atoms with E-state index in [1.165, 1.54) is 29.4 Å². The molecule has 0 bridgehead atoms. The van der Waals surface area contributed by atoms with Crippen molar-refractivity contribution in [3.05, 3.63) is 117 Å². The van der Waals surface area contributed by atoms with Crippen LogP contribution >= 0.6 is 0 Å². The highest BCUT2D eigenvalue weighted by atomic mass is 19.1. The van der Waals surface area contributed by atoms with E-state index < -0.39 is 11.7 Å². The highest BCUT2D eigenvalue weighted by Crippen LogP contribution is 2.18. The van der Waals surface area contributed by atoms with Crippen molar-refractivity contribution in [2.45, 2.75) is 20.0 Å². The Hall–Kier alpha value is -3.73. The average molecular weight is 401 g/mol. The smallest absolute Gasteiger partial charge is 0.257 e. The molecule has 4 aromatic rings. The first-order chi connectivity index (χ1) is 14.5. The lowest BCUT2D eigenvalue weighted by atomic mass is 10.1. The number of carbonyl (C=O) groups excluding carboxylic acids is 1. The average Bonchev–Trinajstić information content (AvgIpc) is 2.76. The third kappa shape index (κ3) is 4.01. The van der Waals surface area contributed by atoms with E-state index in [1.807, 2.05) is 43.3 Å². The monoisotopic (exact) mass is 401 g/mol. The molecule has 1 heterocycles. The fourth-order valence-corrected chi connectivity index (χ4v) is 3.41. The Morgan fingerprint density at radius 3 is 2.47 bits per heavy atom. The Balaban J connectivity index is 1.74. The summed E-state index contributed by atoms with van der Waals surface area (Å²) in [6.45, 7) is 2.14. The van der Waals surface area contributed by atoms with Crippen molar-refractivity contribution in [1.29, 1.82) is 0 Å². The second-order valence-corrected chi connectivity index (χ2v) is 7.22. The van der Waals surface area contributed by atoms with Crippen LogP contribution in [0, 0.1) is 12.7 Å². The number of carbonyl (C=O) groups is 1. The van der Waals surface area contributed by atoms with Gasteiger partial charge in [-0.1, -0.05) is 54.1 Å². The Morgan fingerprint density at radius 2 is 1.70 bits per heavy atom. The van der Waals surface area contributed by atoms with Gasteiger partial charge in [-0.25, -0.2) is 4.39 Å². The molecule has 1 amide bonds. The minimum atomic E-state index is -0.596. The van der Waals surface area contributed by atoms with Gasteiger partial charge in [0, 0.05) is 6.54 Å². The van der Waals surface area contributed by atoms with Crippen LogP contribution in [0.1, 0.15) is 27.0 Å². The summed E-state index contributed by atoms with van der Waals surface area (Å²) in [5.74, 6) is -1.08. The van der Waals surface area contributed by atoms with E-state index in [2.05, 4.69) is 0 Å². The maximum absolute atomic E-state index is 14.3. The predicted octanol–water partition coefficient (Wildman–Crippen LogP) is 5.08. The highest BCUT2D eigenvalue weighted by Gasteiger charge is 2.21. The number of nitrogens with zero attached hydrogens (tertiary/aromatic N) is 1. The van der Waals surface area contributed by atoms with Crippen LogP contribution in [-0.2, 0) is 13.1 Å². The normalized spacial score (nSPS) is 10.9. The standard InChI is InChI=1S/C25H20FNO3/c1-17-11-12-23-21(13-17)24(28)19(16-30-23)15-27(14-18-7-3-2-4-8-18)25(29)20-9-5-6-10-22(20)26/h2-13,16H,14-15H2,1H3. The summed E-state index contributed by atoms with van der Waals surface area (Å²) < 4.78 is 19.9. The van der Waals surface area contributed by atoms with Crippen LogP contribution in [0.25, 0.3) is 11.0 Å². The lowest BCUT2D eigenvalue weighted by molar-refractivity contribution is 0.0724. The SMILES string of the molecule is Cc1ccc2occ(CN(Cc3ccccc3)C(=O)c3ccccc3F)c(=O)c2c1. The zero-order valence-corrected chi connectivity index (χ0v) is 16.5. The summed E-state index contributed by atoms with van der Waals surface area (Å²) in [5.41, 5.74) is 2.42. The van der Waals surface area contributed by atoms with Crippen molar-refractivity contribution >= 4 is 16.9 Å². The molecule has 30 heavy (non-hydrogen) atoms. The number of benzene rings is 3. The van der Waals surface area contributed by atoms with E-state index in [9.17, 15) is 14.0 Å². The van der Waals surface area contributed by atoms with Crippen LogP contribution in [0.2, 0.25) is 0 Å². The number of aryl methyl sites for hydroxylation is 1. The van der Waals surface area contributed by atoms with E-state index in [0.717, 1.165) is 11.1 Å². The van der Waals surface area contributed by atoms with Crippen LogP contribution in [0.5, 0.6) is 0 Å². The van der Waals surface area contributed by atoms with Crippen molar-refractivity contribution in [3.63, 3.8) is 0 Å². The molecule has 1 aromatic heterocycles. The van der Waals surface area contributed by atoms with Crippen molar-refractivity contribution in [2.75, 3.05) is 0 Å². The van der Waals surface area contributed by atoms with Crippen molar-refractivity contribution in [2.24, 2.45) is 0 Å². The number of fused-ring (bicyclic) bond motifs is 1. The summed E-state index contributed by atoms with van der Waals surface area (Å²) in [5, 5.41) is 0.463. The number of hydrogen-bond acceptors (Lipinski definition) is 3. The lowest BCUT2D eigenvalue weighted by Crippen LogP contribution is -2.32. The first-order valence-electron chi connectivity index (χ1n) is 9.61. The fraction of sp³-hybridized carbons (Fsp3) is 0.120. The van der Waals surface area contributed by atoms with Crippen LogP contribution in [-0.4, -0.2) is 10.8 Å². The molecule has 0 atom stereocenters. The molecule has 4 nitrogen and oxygen atoms in total. The summed E-state index contributed by atoms with van der Waals surface area (Å²) >= 11 is 0. The van der Waals surface area contributed by atoms with Gasteiger partial charge >= 0.3 is 0 Å². The Bertz CT molecular complexity index is 1260. The lowest BCUT2D eigenvalue weighted by Gasteiger charge is -2.23. The van der Waals surface area contributed by atoms with Crippen molar-refractivity contribution in [3.8, 4) is 0 Å². The van der Waals surface area contributed by atoms with Gasteiger partial charge in [-0.05, 0) is 36.8 Å². The van der Waals surface area contributed by atoms with Gasteiger partial charge in [0.05, 0.1) is 29.3 Å². The Morgan fingerprint density at radius 1 is 0.967 bits per heavy atom. The molecular formula is C25H20FNO3. The molecular weight excluding hydrogens is 381 g/mol. The molecule has 0 spiro atoms. The van der Waals surface area contributed by atoms with E-state index in [-0.39, 0.29) is 24.1 Å². The second-order valence-electron chi connectivity index (χ2n) is 7.22. The zero-order valence-electron chi connectivity index (χ0n) is 16.5. The van der Waals surface area contributed by atoms with Gasteiger partial charge in [0.25, 0.3) is 5.91 Å². The molecule has 0 saturated carbocycles. The van der Waals surface area contributed by atoms with Crippen molar-refractivity contribution in [1.82, 2.24) is 4.90 Å². The minimum Gasteiger partial charge on any atom is -0.464 e. The first-order valence-corrected chi connectivity index (χ1v) is 9.61. The maximum Gasteiger partial charge on any atom is 0.257 e. The topological polar surface area (TPSA) is 50.5 Å². The van der Waals surface area contributed by atoms with Gasteiger partial charge in [-0.3, -0.25) is 9.59 Å². The first kappa shape index (κ1) is 19.6.